The number of aliphatic hydroxyl groups is 1. The number of hydrogen-bond donors (Lipinski definition) is 1. The van der Waals surface area contributed by atoms with Crippen LogP contribution in [0.15, 0.2) is 46.7 Å². The molecule has 1 N–H and O–H groups in total. The molecule has 0 amide bonds. The summed E-state index contributed by atoms with van der Waals surface area (Å²) in [6.45, 7) is 8.39. The van der Waals surface area contributed by atoms with Gasteiger partial charge in [-0.25, -0.2) is 0 Å². The van der Waals surface area contributed by atoms with E-state index in [0.717, 1.165) is 5.56 Å². The quantitative estimate of drug-likeness (QED) is 0.648. The molecule has 4 rings (SSSR count). The van der Waals surface area contributed by atoms with Crippen LogP contribution in [-0.4, -0.2) is 53.1 Å². The average molecular weight is 460 g/mol. The Kier molecular flexibility index (Phi) is 6.82. The zero-order chi connectivity index (χ0) is 23.0. The summed E-state index contributed by atoms with van der Waals surface area (Å²) in [5.41, 5.74) is 1.51. The number of hydrogen-bond acceptors (Lipinski definition) is 7. The van der Waals surface area contributed by atoms with E-state index in [2.05, 4.69) is 6.92 Å². The van der Waals surface area contributed by atoms with Gasteiger partial charge in [-0.1, -0.05) is 51.1 Å². The SMILES string of the molecule is CSC1OC2COC(c3ccccc3)O[C@H]2[C@H](C)[C@@H]1N=C(C)C1=C(O)CC(C)(C)CC1=O. The number of Topliss-reactive ketones (excluding diaryl/α,β-unsaturated/α-hetero) is 1. The Morgan fingerprint density at radius 2 is 1.91 bits per heavy atom. The van der Waals surface area contributed by atoms with Gasteiger partial charge in [0.15, 0.2) is 12.1 Å². The lowest BCUT2D eigenvalue weighted by Gasteiger charge is -2.47. The van der Waals surface area contributed by atoms with Gasteiger partial charge in [0.2, 0.25) is 0 Å². The normalized spacial score (nSPS) is 35.5. The number of aliphatic hydroxyl groups excluding tert-OH is 1. The molecule has 2 aliphatic heterocycles. The van der Waals surface area contributed by atoms with Gasteiger partial charge in [-0.3, -0.25) is 9.79 Å². The molecule has 2 fully saturated rings. The first kappa shape index (κ1) is 23.5. The minimum Gasteiger partial charge on any atom is -0.511 e. The van der Waals surface area contributed by atoms with Crippen molar-refractivity contribution in [2.75, 3.05) is 12.9 Å². The number of benzene rings is 1. The van der Waals surface area contributed by atoms with Crippen LogP contribution in [0, 0.1) is 11.3 Å². The molecule has 0 spiro atoms. The van der Waals surface area contributed by atoms with Crippen LogP contribution >= 0.6 is 11.8 Å². The summed E-state index contributed by atoms with van der Waals surface area (Å²) in [5, 5.41) is 10.6. The topological polar surface area (TPSA) is 77.3 Å². The zero-order valence-corrected chi connectivity index (χ0v) is 20.2. The molecule has 1 aliphatic carbocycles. The Morgan fingerprint density at radius 3 is 2.56 bits per heavy atom. The van der Waals surface area contributed by atoms with Gasteiger partial charge in [0, 0.05) is 30.0 Å². The van der Waals surface area contributed by atoms with Crippen molar-refractivity contribution in [3.63, 3.8) is 0 Å². The predicted molar refractivity (Wildman–Crippen MR) is 126 cm³/mol. The standard InChI is InChI=1S/C25H33NO5S/c1-14-21(26-15(2)20-17(27)11-25(3,4)12-18(20)28)24(32-5)30-19-13-29-23(31-22(14)19)16-9-7-6-8-10-16/h6-10,14,19,21-24,27H,11-13H2,1-5H3/t14-,19?,21+,22+,23?,24?/m1/s1. The van der Waals surface area contributed by atoms with Gasteiger partial charge in [-0.05, 0) is 18.6 Å². The molecule has 0 saturated carbocycles. The Morgan fingerprint density at radius 1 is 1.19 bits per heavy atom. The molecule has 2 heterocycles. The minimum atomic E-state index is -0.436. The maximum Gasteiger partial charge on any atom is 0.184 e. The Balaban J connectivity index is 1.58. The van der Waals surface area contributed by atoms with E-state index >= 15 is 0 Å². The first-order chi connectivity index (χ1) is 15.2. The lowest BCUT2D eigenvalue weighted by Crippen LogP contribution is -2.56. The van der Waals surface area contributed by atoms with Crippen molar-refractivity contribution in [1.29, 1.82) is 0 Å². The van der Waals surface area contributed by atoms with Crippen LogP contribution in [0.3, 0.4) is 0 Å². The number of ether oxygens (including phenoxy) is 3. The lowest BCUT2D eigenvalue weighted by molar-refractivity contribution is -0.295. The summed E-state index contributed by atoms with van der Waals surface area (Å²) in [6.07, 6.45) is 2.10. The summed E-state index contributed by atoms with van der Waals surface area (Å²) in [7, 11) is 0. The molecule has 6 nitrogen and oxygen atoms in total. The Hall–Kier alpha value is -1.67. The highest BCUT2D eigenvalue weighted by Gasteiger charge is 2.48. The van der Waals surface area contributed by atoms with Gasteiger partial charge in [-0.15, -0.1) is 11.8 Å². The molecular formula is C25H33NO5S. The van der Waals surface area contributed by atoms with Crippen molar-refractivity contribution in [2.24, 2.45) is 16.3 Å². The summed E-state index contributed by atoms with van der Waals surface area (Å²) < 4.78 is 18.6. The number of ketones is 1. The number of nitrogens with zero attached hydrogens (tertiary/aromatic N) is 1. The molecule has 0 bridgehead atoms. The fourth-order valence-electron chi connectivity index (χ4n) is 4.97. The van der Waals surface area contributed by atoms with E-state index in [1.54, 1.807) is 11.8 Å². The van der Waals surface area contributed by atoms with E-state index in [9.17, 15) is 9.90 Å². The van der Waals surface area contributed by atoms with Crippen LogP contribution in [0.1, 0.15) is 52.4 Å². The van der Waals surface area contributed by atoms with Crippen molar-refractivity contribution in [2.45, 2.75) is 70.5 Å². The zero-order valence-electron chi connectivity index (χ0n) is 19.4. The van der Waals surface area contributed by atoms with Gasteiger partial charge >= 0.3 is 0 Å². The minimum absolute atomic E-state index is 0.0468. The van der Waals surface area contributed by atoms with E-state index < -0.39 is 6.29 Å². The highest BCUT2D eigenvalue weighted by atomic mass is 32.2. The number of fused-ring (bicyclic) bond motifs is 1. The average Bonchev–Trinajstić information content (AvgIpc) is 2.74. The highest BCUT2D eigenvalue weighted by Crippen LogP contribution is 2.41. The number of carbonyl (C=O) groups is 1. The van der Waals surface area contributed by atoms with E-state index in [1.165, 1.54) is 0 Å². The first-order valence-corrected chi connectivity index (χ1v) is 12.5. The van der Waals surface area contributed by atoms with Crippen molar-refractivity contribution >= 4 is 23.3 Å². The molecule has 1 aromatic carbocycles. The number of thioether (sulfide) groups is 1. The van der Waals surface area contributed by atoms with Crippen LogP contribution in [0.4, 0.5) is 0 Å². The first-order valence-electron chi connectivity index (χ1n) is 11.2. The number of allylic oxidation sites excluding steroid dienone is 2. The second-order valence-corrected chi connectivity index (χ2v) is 10.7. The molecule has 6 atom stereocenters. The van der Waals surface area contributed by atoms with Crippen molar-refractivity contribution < 1.29 is 24.1 Å². The number of rotatable bonds is 4. The molecular weight excluding hydrogens is 426 g/mol. The van der Waals surface area contributed by atoms with Crippen LogP contribution in [-0.2, 0) is 19.0 Å². The largest absolute Gasteiger partial charge is 0.511 e. The van der Waals surface area contributed by atoms with Gasteiger partial charge < -0.3 is 19.3 Å². The number of carbonyl (C=O) groups excluding carboxylic acids is 1. The summed E-state index contributed by atoms with van der Waals surface area (Å²) in [4.78, 5) is 17.7. The molecule has 0 aromatic heterocycles. The Labute approximate surface area is 194 Å². The maximum absolute atomic E-state index is 12.8. The van der Waals surface area contributed by atoms with Crippen molar-refractivity contribution in [1.82, 2.24) is 0 Å². The smallest absolute Gasteiger partial charge is 0.184 e. The molecule has 3 aliphatic rings. The monoisotopic (exact) mass is 459 g/mol. The molecule has 2 saturated heterocycles. The Bertz CT molecular complexity index is 912. The third kappa shape index (κ3) is 4.67. The second kappa shape index (κ2) is 9.29. The highest BCUT2D eigenvalue weighted by molar-refractivity contribution is 7.99. The molecule has 7 heteroatoms. The van der Waals surface area contributed by atoms with Gasteiger partial charge in [0.05, 0.1) is 24.3 Å². The molecule has 174 valence electrons. The van der Waals surface area contributed by atoms with Crippen molar-refractivity contribution in [3.05, 3.63) is 47.2 Å². The fraction of sp³-hybridized carbons (Fsp3) is 0.600. The molecule has 1 aromatic rings. The predicted octanol–water partition coefficient (Wildman–Crippen LogP) is 4.86. The summed E-state index contributed by atoms with van der Waals surface area (Å²) >= 11 is 1.60. The van der Waals surface area contributed by atoms with E-state index in [-0.39, 0.29) is 46.6 Å². The van der Waals surface area contributed by atoms with Crippen LogP contribution in [0.2, 0.25) is 0 Å². The van der Waals surface area contributed by atoms with E-state index in [4.69, 9.17) is 19.2 Å². The van der Waals surface area contributed by atoms with E-state index in [1.807, 2.05) is 57.4 Å². The lowest BCUT2D eigenvalue weighted by atomic mass is 9.75. The fourth-order valence-corrected chi connectivity index (χ4v) is 5.81. The van der Waals surface area contributed by atoms with E-state index in [0.29, 0.717) is 30.7 Å². The second-order valence-electron chi connectivity index (χ2n) is 9.78. The summed E-state index contributed by atoms with van der Waals surface area (Å²) in [5.74, 6) is 0.144. The maximum atomic E-state index is 12.8. The van der Waals surface area contributed by atoms with Crippen LogP contribution in [0.25, 0.3) is 0 Å². The van der Waals surface area contributed by atoms with Crippen LogP contribution < -0.4 is 0 Å². The molecule has 32 heavy (non-hydrogen) atoms. The summed E-state index contributed by atoms with van der Waals surface area (Å²) in [6, 6.07) is 9.69. The molecule has 3 unspecified atom stereocenters. The van der Waals surface area contributed by atoms with Crippen molar-refractivity contribution in [3.8, 4) is 0 Å². The molecule has 0 radical (unpaired) electrons. The number of aliphatic imine (C=N–C) groups is 1. The third-order valence-corrected chi connectivity index (χ3v) is 7.42. The van der Waals surface area contributed by atoms with Gasteiger partial charge in [0.25, 0.3) is 0 Å². The van der Waals surface area contributed by atoms with Crippen LogP contribution in [0.5, 0.6) is 0 Å². The van der Waals surface area contributed by atoms with Gasteiger partial charge in [0.1, 0.15) is 17.3 Å². The van der Waals surface area contributed by atoms with Gasteiger partial charge in [-0.2, -0.15) is 0 Å². The third-order valence-electron chi connectivity index (χ3n) is 6.56.